The van der Waals surface area contributed by atoms with Gasteiger partial charge in [-0.2, -0.15) is 0 Å². The predicted octanol–water partition coefficient (Wildman–Crippen LogP) is 7.61. The third kappa shape index (κ3) is 4.02. The number of hydrogen-bond acceptors (Lipinski definition) is 1. The second-order valence-corrected chi connectivity index (χ2v) is 10.6. The fourth-order valence-corrected chi connectivity index (χ4v) is 7.04. The average molecular weight is 458 g/mol. The maximum Gasteiger partial charge on any atom is 0.0463 e. The van der Waals surface area contributed by atoms with Gasteiger partial charge in [0, 0.05) is 23.4 Å². The summed E-state index contributed by atoms with van der Waals surface area (Å²) < 4.78 is 0. The van der Waals surface area contributed by atoms with Crippen molar-refractivity contribution in [3.05, 3.63) is 144 Å². The minimum absolute atomic E-state index is 0.166. The number of rotatable bonds is 7. The SMILES string of the molecule is c1ccc(C23CCC(CC2)N(CCC(c2ccccc2)(c2ccccc2)c2ccccc2)C3)cc1. The molecule has 2 bridgehead atoms. The fourth-order valence-electron chi connectivity index (χ4n) is 7.04. The first kappa shape index (κ1) is 22.3. The van der Waals surface area contributed by atoms with Gasteiger partial charge in [0.25, 0.3) is 0 Å². The highest BCUT2D eigenvalue weighted by atomic mass is 15.2. The van der Waals surface area contributed by atoms with Crippen molar-refractivity contribution in [3.63, 3.8) is 0 Å². The highest BCUT2D eigenvalue weighted by Crippen LogP contribution is 2.48. The molecule has 4 aromatic rings. The molecule has 2 heterocycles. The van der Waals surface area contributed by atoms with E-state index in [1.54, 1.807) is 5.56 Å². The van der Waals surface area contributed by atoms with Crippen LogP contribution in [0.25, 0.3) is 0 Å². The minimum Gasteiger partial charge on any atom is -0.299 e. The molecule has 0 spiro atoms. The fraction of sp³-hybridized carbons (Fsp3) is 0.294. The van der Waals surface area contributed by atoms with Crippen LogP contribution >= 0.6 is 0 Å². The first-order chi connectivity index (χ1) is 17.3. The molecule has 0 N–H and O–H groups in total. The van der Waals surface area contributed by atoms with Gasteiger partial charge in [-0.1, -0.05) is 121 Å². The zero-order valence-corrected chi connectivity index (χ0v) is 20.5. The van der Waals surface area contributed by atoms with Crippen LogP contribution in [-0.2, 0) is 10.8 Å². The molecule has 176 valence electrons. The Morgan fingerprint density at radius 2 is 1.03 bits per heavy atom. The second kappa shape index (κ2) is 9.47. The van der Waals surface area contributed by atoms with Crippen molar-refractivity contribution in [2.45, 2.75) is 49.0 Å². The van der Waals surface area contributed by atoms with Crippen LogP contribution in [0.4, 0.5) is 0 Å². The molecule has 4 aromatic carbocycles. The van der Waals surface area contributed by atoms with E-state index in [4.69, 9.17) is 0 Å². The van der Waals surface area contributed by atoms with Gasteiger partial charge in [-0.3, -0.25) is 4.90 Å². The Kier molecular flexibility index (Phi) is 6.04. The molecule has 1 nitrogen and oxygen atoms in total. The zero-order chi connectivity index (χ0) is 23.6. The molecule has 3 fully saturated rings. The molecule has 1 heteroatoms. The van der Waals surface area contributed by atoms with Crippen molar-refractivity contribution in [3.8, 4) is 0 Å². The monoisotopic (exact) mass is 457 g/mol. The first-order valence-electron chi connectivity index (χ1n) is 13.3. The highest BCUT2D eigenvalue weighted by molar-refractivity contribution is 5.50. The summed E-state index contributed by atoms with van der Waals surface area (Å²) in [5.41, 5.74) is 5.86. The second-order valence-electron chi connectivity index (χ2n) is 10.6. The van der Waals surface area contributed by atoms with Gasteiger partial charge in [-0.05, 0) is 60.9 Å². The maximum absolute atomic E-state index is 2.84. The lowest BCUT2D eigenvalue weighted by molar-refractivity contribution is 0.0222. The van der Waals surface area contributed by atoms with Gasteiger partial charge in [-0.25, -0.2) is 0 Å². The summed E-state index contributed by atoms with van der Waals surface area (Å²) >= 11 is 0. The highest BCUT2D eigenvalue weighted by Gasteiger charge is 2.46. The van der Waals surface area contributed by atoms with Crippen LogP contribution in [-0.4, -0.2) is 24.0 Å². The van der Waals surface area contributed by atoms with Gasteiger partial charge >= 0.3 is 0 Å². The number of benzene rings is 4. The molecule has 1 saturated carbocycles. The quantitative estimate of drug-likeness (QED) is 0.258. The van der Waals surface area contributed by atoms with E-state index in [1.807, 2.05) is 0 Å². The Hall–Kier alpha value is -3.16. The summed E-state index contributed by atoms with van der Waals surface area (Å²) in [5, 5.41) is 0. The lowest BCUT2D eigenvalue weighted by Gasteiger charge is -2.54. The molecular formula is C34H35N. The van der Waals surface area contributed by atoms with E-state index in [0.717, 1.165) is 19.0 Å². The lowest BCUT2D eigenvalue weighted by Crippen LogP contribution is -2.56. The van der Waals surface area contributed by atoms with Crippen molar-refractivity contribution in [1.29, 1.82) is 0 Å². The summed E-state index contributed by atoms with van der Waals surface area (Å²) in [6.07, 6.45) is 6.39. The molecule has 0 radical (unpaired) electrons. The molecular weight excluding hydrogens is 422 g/mol. The Labute approximate surface area is 210 Å². The Morgan fingerprint density at radius 3 is 1.49 bits per heavy atom. The van der Waals surface area contributed by atoms with Crippen LogP contribution in [0, 0.1) is 0 Å². The molecule has 1 aliphatic carbocycles. The van der Waals surface area contributed by atoms with E-state index in [-0.39, 0.29) is 5.41 Å². The summed E-state index contributed by atoms with van der Waals surface area (Å²) in [6.45, 7) is 2.30. The van der Waals surface area contributed by atoms with E-state index in [9.17, 15) is 0 Å². The molecule has 2 saturated heterocycles. The third-order valence-corrected chi connectivity index (χ3v) is 8.89. The van der Waals surface area contributed by atoms with Gasteiger partial charge in [0.05, 0.1) is 0 Å². The van der Waals surface area contributed by atoms with Crippen molar-refractivity contribution < 1.29 is 0 Å². The van der Waals surface area contributed by atoms with Crippen LogP contribution in [0.15, 0.2) is 121 Å². The summed E-state index contributed by atoms with van der Waals surface area (Å²) in [4.78, 5) is 2.84. The number of hydrogen-bond donors (Lipinski definition) is 0. The molecule has 0 unspecified atom stereocenters. The number of fused-ring (bicyclic) bond motifs is 3. The average Bonchev–Trinajstić information content (AvgIpc) is 2.96. The maximum atomic E-state index is 2.84. The Bertz CT molecular complexity index is 1110. The predicted molar refractivity (Wildman–Crippen MR) is 146 cm³/mol. The van der Waals surface area contributed by atoms with E-state index < -0.39 is 0 Å². The van der Waals surface area contributed by atoms with Crippen LogP contribution in [0.5, 0.6) is 0 Å². The molecule has 35 heavy (non-hydrogen) atoms. The molecule has 7 rings (SSSR count). The van der Waals surface area contributed by atoms with Crippen LogP contribution in [0.3, 0.4) is 0 Å². The molecule has 0 aromatic heterocycles. The van der Waals surface area contributed by atoms with Crippen LogP contribution in [0.2, 0.25) is 0 Å². The van der Waals surface area contributed by atoms with Crippen LogP contribution in [0.1, 0.15) is 54.4 Å². The standard InChI is InChI=1S/C34H35N/c1-5-13-28(14-6-1)33-23-21-32(22-24-33)35(27-33)26-25-34(29-15-7-2-8-16-29,30-17-9-3-10-18-30)31-19-11-4-12-20-31/h1-20,32H,21-27H2. The smallest absolute Gasteiger partial charge is 0.0463 e. The molecule has 0 atom stereocenters. The molecule has 0 amide bonds. The van der Waals surface area contributed by atoms with Crippen molar-refractivity contribution in [1.82, 2.24) is 4.90 Å². The lowest BCUT2D eigenvalue weighted by atomic mass is 9.63. The van der Waals surface area contributed by atoms with Crippen molar-refractivity contribution in [2.75, 3.05) is 13.1 Å². The summed E-state index contributed by atoms with van der Waals surface area (Å²) in [5.74, 6) is 0. The summed E-state index contributed by atoms with van der Waals surface area (Å²) in [7, 11) is 0. The Morgan fingerprint density at radius 1 is 0.600 bits per heavy atom. The van der Waals surface area contributed by atoms with Gasteiger partial charge in [-0.15, -0.1) is 0 Å². The van der Waals surface area contributed by atoms with E-state index >= 15 is 0 Å². The third-order valence-electron chi connectivity index (χ3n) is 8.89. The van der Waals surface area contributed by atoms with Gasteiger partial charge in [0.15, 0.2) is 0 Å². The van der Waals surface area contributed by atoms with E-state index in [0.29, 0.717) is 5.41 Å². The Balaban J connectivity index is 1.38. The van der Waals surface area contributed by atoms with E-state index in [1.165, 1.54) is 48.9 Å². The number of piperidine rings is 2. The van der Waals surface area contributed by atoms with Gasteiger partial charge in [0.1, 0.15) is 0 Å². The van der Waals surface area contributed by atoms with Gasteiger partial charge < -0.3 is 0 Å². The normalized spacial score (nSPS) is 22.2. The van der Waals surface area contributed by atoms with Crippen molar-refractivity contribution in [2.24, 2.45) is 0 Å². The van der Waals surface area contributed by atoms with Crippen LogP contribution < -0.4 is 0 Å². The largest absolute Gasteiger partial charge is 0.299 e. The van der Waals surface area contributed by atoms with E-state index in [2.05, 4.69) is 126 Å². The van der Waals surface area contributed by atoms with Crippen molar-refractivity contribution >= 4 is 0 Å². The minimum atomic E-state index is -0.166. The topological polar surface area (TPSA) is 3.24 Å². The zero-order valence-electron chi connectivity index (χ0n) is 20.5. The first-order valence-corrected chi connectivity index (χ1v) is 13.3. The molecule has 3 aliphatic rings. The summed E-state index contributed by atoms with van der Waals surface area (Å²) in [6, 6.07) is 45.6. The number of nitrogens with zero attached hydrogens (tertiary/aromatic N) is 1. The van der Waals surface area contributed by atoms with Gasteiger partial charge in [0.2, 0.25) is 0 Å². The molecule has 2 aliphatic heterocycles.